The first-order valence-corrected chi connectivity index (χ1v) is 7.84. The van der Waals surface area contributed by atoms with Gasteiger partial charge in [-0.25, -0.2) is 0 Å². The van der Waals surface area contributed by atoms with E-state index in [4.69, 9.17) is 0 Å². The molecule has 0 aliphatic rings. The van der Waals surface area contributed by atoms with Gasteiger partial charge in [0, 0.05) is 18.1 Å². The molecule has 3 rings (SSSR count). The van der Waals surface area contributed by atoms with Crippen molar-refractivity contribution in [3.8, 4) is 5.69 Å². The first-order valence-electron chi connectivity index (χ1n) is 6.86. The Bertz CT molecular complexity index is 727. The van der Waals surface area contributed by atoms with Crippen LogP contribution in [-0.2, 0) is 6.54 Å². The van der Waals surface area contributed by atoms with Gasteiger partial charge in [-0.05, 0) is 41.1 Å². The molecule has 2 heterocycles. The molecule has 0 saturated heterocycles. The average Bonchev–Trinajstić information content (AvgIpc) is 3.16. The highest BCUT2D eigenvalue weighted by Gasteiger charge is 2.12. The van der Waals surface area contributed by atoms with Gasteiger partial charge in [0.25, 0.3) is 0 Å². The van der Waals surface area contributed by atoms with E-state index in [1.54, 1.807) is 15.6 Å². The van der Waals surface area contributed by atoms with Crippen LogP contribution in [0.1, 0.15) is 5.56 Å². The average molecular weight is 316 g/mol. The van der Waals surface area contributed by atoms with Gasteiger partial charge in [-0.15, -0.1) is 5.10 Å². The zero-order valence-electron chi connectivity index (χ0n) is 12.1. The second kappa shape index (κ2) is 6.71. The van der Waals surface area contributed by atoms with Crippen molar-refractivity contribution in [2.45, 2.75) is 24.7 Å². The SMILES string of the molecule is Cc1cccc(-n2nnnc2SCC(O)Cn2cccn2)c1. The van der Waals surface area contributed by atoms with Crippen molar-refractivity contribution in [1.29, 1.82) is 0 Å². The maximum absolute atomic E-state index is 10.1. The number of aromatic nitrogens is 6. The summed E-state index contributed by atoms with van der Waals surface area (Å²) in [6.07, 6.45) is 3.00. The normalized spacial score (nSPS) is 12.5. The molecule has 1 atom stereocenters. The monoisotopic (exact) mass is 316 g/mol. The number of rotatable bonds is 6. The molecule has 0 aliphatic carbocycles. The Morgan fingerprint density at radius 1 is 1.32 bits per heavy atom. The summed E-state index contributed by atoms with van der Waals surface area (Å²) >= 11 is 1.42. The van der Waals surface area contributed by atoms with Crippen molar-refractivity contribution in [1.82, 2.24) is 30.0 Å². The molecule has 1 unspecified atom stereocenters. The van der Waals surface area contributed by atoms with E-state index >= 15 is 0 Å². The van der Waals surface area contributed by atoms with E-state index < -0.39 is 6.10 Å². The van der Waals surface area contributed by atoms with Crippen molar-refractivity contribution in [3.05, 3.63) is 48.3 Å². The number of benzene rings is 1. The molecule has 7 nitrogen and oxygen atoms in total. The fraction of sp³-hybridized carbons (Fsp3) is 0.286. The molecule has 0 amide bonds. The van der Waals surface area contributed by atoms with Gasteiger partial charge in [0.1, 0.15) is 0 Å². The minimum Gasteiger partial charge on any atom is -0.390 e. The van der Waals surface area contributed by atoms with E-state index in [0.717, 1.165) is 11.3 Å². The number of thioether (sulfide) groups is 1. The van der Waals surface area contributed by atoms with Gasteiger partial charge in [-0.2, -0.15) is 9.78 Å². The van der Waals surface area contributed by atoms with Crippen LogP contribution >= 0.6 is 11.8 Å². The zero-order valence-corrected chi connectivity index (χ0v) is 12.9. The summed E-state index contributed by atoms with van der Waals surface area (Å²) in [6.45, 7) is 2.47. The third kappa shape index (κ3) is 3.52. The molecule has 1 aromatic carbocycles. The Morgan fingerprint density at radius 3 is 3.00 bits per heavy atom. The Hall–Kier alpha value is -2.19. The molecule has 3 aromatic rings. The largest absolute Gasteiger partial charge is 0.390 e. The summed E-state index contributed by atoms with van der Waals surface area (Å²) in [5.41, 5.74) is 2.05. The minimum absolute atomic E-state index is 0.450. The second-order valence-corrected chi connectivity index (χ2v) is 5.89. The molecule has 114 valence electrons. The van der Waals surface area contributed by atoms with Crippen LogP contribution in [0.25, 0.3) is 5.69 Å². The molecule has 1 N–H and O–H groups in total. The van der Waals surface area contributed by atoms with Gasteiger partial charge in [-0.3, -0.25) is 4.68 Å². The highest BCUT2D eigenvalue weighted by atomic mass is 32.2. The molecule has 0 fully saturated rings. The van der Waals surface area contributed by atoms with Crippen LogP contribution < -0.4 is 0 Å². The van der Waals surface area contributed by atoms with E-state index in [1.807, 2.05) is 43.5 Å². The maximum atomic E-state index is 10.1. The minimum atomic E-state index is -0.521. The Morgan fingerprint density at radius 2 is 2.23 bits per heavy atom. The number of aliphatic hydroxyl groups excluding tert-OH is 1. The summed E-state index contributed by atoms with van der Waals surface area (Å²) in [4.78, 5) is 0. The van der Waals surface area contributed by atoms with Crippen LogP contribution in [-0.4, -0.2) is 47.0 Å². The molecule has 8 heteroatoms. The molecule has 0 spiro atoms. The van der Waals surface area contributed by atoms with Crippen molar-refractivity contribution in [2.75, 3.05) is 5.75 Å². The molecule has 22 heavy (non-hydrogen) atoms. The number of aryl methyl sites for hydroxylation is 1. The van der Waals surface area contributed by atoms with Gasteiger partial charge in [0.15, 0.2) is 0 Å². The topological polar surface area (TPSA) is 81.6 Å². The quantitative estimate of drug-likeness (QED) is 0.691. The van der Waals surface area contributed by atoms with Crippen molar-refractivity contribution in [3.63, 3.8) is 0 Å². The molecular weight excluding hydrogens is 300 g/mol. The summed E-state index contributed by atoms with van der Waals surface area (Å²) < 4.78 is 3.38. The van der Waals surface area contributed by atoms with Gasteiger partial charge in [0.2, 0.25) is 5.16 Å². The van der Waals surface area contributed by atoms with Gasteiger partial charge >= 0.3 is 0 Å². The summed E-state index contributed by atoms with van der Waals surface area (Å²) in [5.74, 6) is 0.492. The second-order valence-electron chi connectivity index (χ2n) is 4.91. The maximum Gasteiger partial charge on any atom is 0.214 e. The van der Waals surface area contributed by atoms with Crippen LogP contribution in [0, 0.1) is 6.92 Å². The fourth-order valence-electron chi connectivity index (χ4n) is 2.04. The number of nitrogens with zero attached hydrogens (tertiary/aromatic N) is 6. The van der Waals surface area contributed by atoms with E-state index in [-0.39, 0.29) is 0 Å². The lowest BCUT2D eigenvalue weighted by molar-refractivity contribution is 0.173. The molecule has 0 bridgehead atoms. The highest BCUT2D eigenvalue weighted by Crippen LogP contribution is 2.19. The standard InChI is InChI=1S/C14H16N6OS/c1-11-4-2-5-12(8-11)20-14(16-17-18-20)22-10-13(21)9-19-7-3-6-15-19/h2-8,13,21H,9-10H2,1H3. The lowest BCUT2D eigenvalue weighted by Crippen LogP contribution is -2.19. The van der Waals surface area contributed by atoms with Gasteiger partial charge in [0.05, 0.1) is 18.3 Å². The molecule has 0 aliphatic heterocycles. The molecular formula is C14H16N6OS. The molecule has 0 radical (unpaired) electrons. The lowest BCUT2D eigenvalue weighted by atomic mass is 10.2. The number of hydrogen-bond acceptors (Lipinski definition) is 6. The number of tetrazole rings is 1. The van der Waals surface area contributed by atoms with Crippen LogP contribution in [0.5, 0.6) is 0 Å². The van der Waals surface area contributed by atoms with E-state index in [2.05, 4.69) is 20.6 Å². The van der Waals surface area contributed by atoms with Crippen LogP contribution in [0.2, 0.25) is 0 Å². The Labute approximate surface area is 132 Å². The van der Waals surface area contributed by atoms with E-state index in [9.17, 15) is 5.11 Å². The third-order valence-electron chi connectivity index (χ3n) is 3.05. The Balaban J connectivity index is 1.65. The van der Waals surface area contributed by atoms with Gasteiger partial charge < -0.3 is 5.11 Å². The summed E-state index contributed by atoms with van der Waals surface area (Å²) in [5, 5.41) is 26.6. The van der Waals surface area contributed by atoms with E-state index in [0.29, 0.717) is 17.5 Å². The van der Waals surface area contributed by atoms with Crippen LogP contribution in [0.15, 0.2) is 47.9 Å². The first-order chi connectivity index (χ1) is 10.7. The zero-order chi connectivity index (χ0) is 15.4. The first kappa shape index (κ1) is 14.7. The Kier molecular flexibility index (Phi) is 4.50. The fourth-order valence-corrected chi connectivity index (χ4v) is 2.84. The smallest absolute Gasteiger partial charge is 0.214 e. The number of aliphatic hydroxyl groups is 1. The molecule has 2 aromatic heterocycles. The lowest BCUT2D eigenvalue weighted by Gasteiger charge is -2.10. The van der Waals surface area contributed by atoms with Crippen molar-refractivity contribution >= 4 is 11.8 Å². The third-order valence-corrected chi connectivity index (χ3v) is 4.11. The van der Waals surface area contributed by atoms with Crippen molar-refractivity contribution < 1.29 is 5.11 Å². The predicted molar refractivity (Wildman–Crippen MR) is 82.8 cm³/mol. The molecule has 0 saturated carbocycles. The van der Waals surface area contributed by atoms with Crippen LogP contribution in [0.3, 0.4) is 0 Å². The van der Waals surface area contributed by atoms with Gasteiger partial charge in [-0.1, -0.05) is 23.9 Å². The van der Waals surface area contributed by atoms with Crippen molar-refractivity contribution in [2.24, 2.45) is 0 Å². The number of hydrogen-bond donors (Lipinski definition) is 1. The predicted octanol–water partition coefficient (Wildman–Crippen LogP) is 1.32. The highest BCUT2D eigenvalue weighted by molar-refractivity contribution is 7.99. The summed E-state index contributed by atoms with van der Waals surface area (Å²) in [6, 6.07) is 9.79. The van der Waals surface area contributed by atoms with Crippen LogP contribution in [0.4, 0.5) is 0 Å². The summed E-state index contributed by atoms with van der Waals surface area (Å²) in [7, 11) is 0. The van der Waals surface area contributed by atoms with E-state index in [1.165, 1.54) is 11.8 Å².